The lowest BCUT2D eigenvalue weighted by Crippen LogP contribution is -2.25. The number of amides is 1. The van der Waals surface area contributed by atoms with Gasteiger partial charge in [0.25, 0.3) is 0 Å². The minimum Gasteiger partial charge on any atom is -0.352 e. The third kappa shape index (κ3) is 4.98. The van der Waals surface area contributed by atoms with Crippen LogP contribution in [-0.2, 0) is 21.2 Å². The summed E-state index contributed by atoms with van der Waals surface area (Å²) in [4.78, 5) is 20.8. The summed E-state index contributed by atoms with van der Waals surface area (Å²) in [6.45, 7) is 0.266. The highest BCUT2D eigenvalue weighted by atomic mass is 32.2. The topological polar surface area (TPSA) is 89.0 Å². The molecule has 0 spiro atoms. The standard InChI is InChI=1S/C20H19N3O3S/c24-19(10-13-27(25,26)18-8-2-1-3-9-18)23-15-17-7-5-12-22-20(17)16-6-4-11-21-14-16/h1-9,11-12,14H,10,13,15H2,(H,23,24). The molecule has 0 saturated carbocycles. The van der Waals surface area contributed by atoms with Crippen molar-refractivity contribution < 1.29 is 13.2 Å². The van der Waals surface area contributed by atoms with Crippen molar-refractivity contribution >= 4 is 15.7 Å². The number of carbonyl (C=O) groups is 1. The van der Waals surface area contributed by atoms with Crippen LogP contribution in [0.3, 0.4) is 0 Å². The largest absolute Gasteiger partial charge is 0.352 e. The summed E-state index contributed by atoms with van der Waals surface area (Å²) < 4.78 is 24.5. The van der Waals surface area contributed by atoms with Gasteiger partial charge in [0.2, 0.25) is 5.91 Å². The molecule has 0 atom stereocenters. The average molecular weight is 381 g/mol. The third-order valence-electron chi connectivity index (χ3n) is 4.00. The van der Waals surface area contributed by atoms with Crippen LogP contribution in [-0.4, -0.2) is 30.0 Å². The molecular weight excluding hydrogens is 362 g/mol. The van der Waals surface area contributed by atoms with Gasteiger partial charge in [-0.3, -0.25) is 14.8 Å². The van der Waals surface area contributed by atoms with Crippen LogP contribution in [0.1, 0.15) is 12.0 Å². The first kappa shape index (κ1) is 18.7. The smallest absolute Gasteiger partial charge is 0.221 e. The second kappa shape index (κ2) is 8.55. The molecule has 1 N–H and O–H groups in total. The first-order valence-electron chi connectivity index (χ1n) is 8.45. The van der Waals surface area contributed by atoms with Gasteiger partial charge in [-0.2, -0.15) is 0 Å². The van der Waals surface area contributed by atoms with Gasteiger partial charge in [-0.1, -0.05) is 24.3 Å². The van der Waals surface area contributed by atoms with Crippen molar-refractivity contribution in [2.75, 3.05) is 5.75 Å². The highest BCUT2D eigenvalue weighted by molar-refractivity contribution is 7.91. The zero-order valence-corrected chi connectivity index (χ0v) is 15.4. The van der Waals surface area contributed by atoms with Crippen molar-refractivity contribution in [3.63, 3.8) is 0 Å². The van der Waals surface area contributed by atoms with Gasteiger partial charge in [-0.05, 0) is 35.9 Å². The summed E-state index contributed by atoms with van der Waals surface area (Å²) in [6, 6.07) is 15.5. The quantitative estimate of drug-likeness (QED) is 0.680. The van der Waals surface area contributed by atoms with E-state index in [1.54, 1.807) is 42.9 Å². The summed E-state index contributed by atoms with van der Waals surface area (Å²) in [5, 5.41) is 2.77. The number of pyridine rings is 2. The zero-order valence-electron chi connectivity index (χ0n) is 14.6. The Kier molecular flexibility index (Phi) is 5.93. The fourth-order valence-electron chi connectivity index (χ4n) is 2.60. The van der Waals surface area contributed by atoms with Crippen LogP contribution >= 0.6 is 0 Å². The Labute approximate surface area is 158 Å². The normalized spacial score (nSPS) is 11.1. The SMILES string of the molecule is O=C(CCS(=O)(=O)c1ccccc1)NCc1cccnc1-c1cccnc1. The molecular formula is C20H19N3O3S. The molecule has 1 amide bonds. The second-order valence-electron chi connectivity index (χ2n) is 5.91. The Bertz CT molecular complexity index is 1010. The van der Waals surface area contributed by atoms with Gasteiger partial charge < -0.3 is 5.32 Å². The van der Waals surface area contributed by atoms with Crippen molar-refractivity contribution in [3.8, 4) is 11.3 Å². The summed E-state index contributed by atoms with van der Waals surface area (Å²) in [6.07, 6.45) is 4.97. The van der Waals surface area contributed by atoms with Crippen LogP contribution in [0.4, 0.5) is 0 Å². The van der Waals surface area contributed by atoms with Crippen LogP contribution in [0.15, 0.2) is 78.1 Å². The van der Waals surface area contributed by atoms with Crippen molar-refractivity contribution in [2.45, 2.75) is 17.9 Å². The Balaban J connectivity index is 1.61. The number of hydrogen-bond acceptors (Lipinski definition) is 5. The number of nitrogens with one attached hydrogen (secondary N) is 1. The van der Waals surface area contributed by atoms with Gasteiger partial charge in [0.15, 0.2) is 9.84 Å². The number of hydrogen-bond donors (Lipinski definition) is 1. The van der Waals surface area contributed by atoms with E-state index < -0.39 is 9.84 Å². The number of sulfone groups is 1. The van der Waals surface area contributed by atoms with Crippen LogP contribution in [0, 0.1) is 0 Å². The number of rotatable bonds is 7. The maximum Gasteiger partial charge on any atom is 0.221 e. The highest BCUT2D eigenvalue weighted by Gasteiger charge is 2.16. The van der Waals surface area contributed by atoms with Crippen molar-refractivity contribution in [2.24, 2.45) is 0 Å². The van der Waals surface area contributed by atoms with E-state index in [4.69, 9.17) is 0 Å². The zero-order chi connectivity index (χ0) is 19.1. The highest BCUT2D eigenvalue weighted by Crippen LogP contribution is 2.19. The van der Waals surface area contributed by atoms with E-state index in [1.165, 1.54) is 12.1 Å². The van der Waals surface area contributed by atoms with E-state index in [2.05, 4.69) is 15.3 Å². The monoisotopic (exact) mass is 381 g/mol. The van der Waals surface area contributed by atoms with E-state index >= 15 is 0 Å². The molecule has 6 nitrogen and oxygen atoms in total. The molecule has 0 aliphatic rings. The average Bonchev–Trinajstić information content (AvgIpc) is 2.72. The van der Waals surface area contributed by atoms with Crippen molar-refractivity contribution in [1.82, 2.24) is 15.3 Å². The summed E-state index contributed by atoms with van der Waals surface area (Å²) in [5.74, 6) is -0.554. The van der Waals surface area contributed by atoms with Crippen molar-refractivity contribution in [1.29, 1.82) is 0 Å². The molecule has 2 aromatic heterocycles. The maximum atomic E-state index is 12.3. The Morgan fingerprint density at radius 1 is 0.963 bits per heavy atom. The van der Waals surface area contributed by atoms with Crippen LogP contribution < -0.4 is 5.32 Å². The van der Waals surface area contributed by atoms with Gasteiger partial charge >= 0.3 is 0 Å². The molecule has 27 heavy (non-hydrogen) atoms. The molecule has 0 aliphatic carbocycles. The van der Waals surface area contributed by atoms with Gasteiger partial charge in [-0.15, -0.1) is 0 Å². The molecule has 138 valence electrons. The lowest BCUT2D eigenvalue weighted by atomic mass is 10.1. The Hall–Kier alpha value is -3.06. The summed E-state index contributed by atoms with van der Waals surface area (Å²) >= 11 is 0. The van der Waals surface area contributed by atoms with Gasteiger partial charge in [-0.25, -0.2) is 8.42 Å². The lowest BCUT2D eigenvalue weighted by Gasteiger charge is -2.10. The summed E-state index contributed by atoms with van der Waals surface area (Å²) in [5.41, 5.74) is 2.43. The van der Waals surface area contributed by atoms with Gasteiger partial charge in [0.05, 0.1) is 16.3 Å². The van der Waals surface area contributed by atoms with Crippen LogP contribution in [0.5, 0.6) is 0 Å². The molecule has 3 aromatic rings. The number of aromatic nitrogens is 2. The fourth-order valence-corrected chi connectivity index (χ4v) is 3.86. The molecule has 7 heteroatoms. The second-order valence-corrected chi connectivity index (χ2v) is 8.02. The lowest BCUT2D eigenvalue weighted by molar-refractivity contribution is -0.120. The molecule has 0 aliphatic heterocycles. The molecule has 3 rings (SSSR count). The molecule has 0 saturated heterocycles. The van der Waals surface area contributed by atoms with Crippen LogP contribution in [0.2, 0.25) is 0 Å². The Morgan fingerprint density at radius 2 is 1.74 bits per heavy atom. The van der Waals surface area contributed by atoms with E-state index in [0.29, 0.717) is 0 Å². The van der Waals surface area contributed by atoms with E-state index in [0.717, 1.165) is 16.8 Å². The predicted molar refractivity (Wildman–Crippen MR) is 102 cm³/mol. The maximum absolute atomic E-state index is 12.3. The first-order chi connectivity index (χ1) is 13.1. The van der Waals surface area contributed by atoms with Gasteiger partial charge in [0, 0.05) is 37.1 Å². The fraction of sp³-hybridized carbons (Fsp3) is 0.150. The minimum absolute atomic E-state index is 0.0975. The molecule has 0 unspecified atom stereocenters. The van der Waals surface area contributed by atoms with E-state index in [1.807, 2.05) is 18.2 Å². The van der Waals surface area contributed by atoms with E-state index in [9.17, 15) is 13.2 Å². The van der Waals surface area contributed by atoms with Crippen LogP contribution in [0.25, 0.3) is 11.3 Å². The molecule has 2 heterocycles. The molecule has 0 fully saturated rings. The predicted octanol–water partition coefficient (Wildman–Crippen LogP) is 2.62. The van der Waals surface area contributed by atoms with E-state index in [-0.39, 0.29) is 29.5 Å². The molecule has 1 aromatic carbocycles. The number of nitrogens with zero attached hydrogens (tertiary/aromatic N) is 2. The number of carbonyl (C=O) groups excluding carboxylic acids is 1. The molecule has 0 radical (unpaired) electrons. The first-order valence-corrected chi connectivity index (χ1v) is 10.1. The Morgan fingerprint density at radius 3 is 2.48 bits per heavy atom. The minimum atomic E-state index is -3.47. The van der Waals surface area contributed by atoms with Crippen molar-refractivity contribution in [3.05, 3.63) is 78.8 Å². The number of benzene rings is 1. The third-order valence-corrected chi connectivity index (χ3v) is 5.73. The summed E-state index contributed by atoms with van der Waals surface area (Å²) in [7, 11) is -3.47. The van der Waals surface area contributed by atoms with Gasteiger partial charge in [0.1, 0.15) is 0 Å². The molecule has 0 bridgehead atoms.